The van der Waals surface area contributed by atoms with Gasteiger partial charge < -0.3 is 19.5 Å². The Morgan fingerprint density at radius 3 is 2.29 bits per heavy atom. The van der Waals surface area contributed by atoms with Gasteiger partial charge >= 0.3 is 12.2 Å². The summed E-state index contributed by atoms with van der Waals surface area (Å²) in [4.78, 5) is 21.6. The molecule has 0 aromatic carbocycles. The molecule has 0 saturated carbocycles. The standard InChI is InChI=1S/C11H21NO5/c1-3-15-10(13)12-8-6-5-7-9-17-11(14)16-4-2/h3-9H2,1-2H3,(H,12,13). The highest BCUT2D eigenvalue weighted by Crippen LogP contribution is 1.96. The fourth-order valence-corrected chi connectivity index (χ4v) is 1.09. The molecule has 0 heterocycles. The Labute approximate surface area is 102 Å². The van der Waals surface area contributed by atoms with Crippen molar-refractivity contribution < 1.29 is 23.8 Å². The molecule has 6 nitrogen and oxygen atoms in total. The van der Waals surface area contributed by atoms with Gasteiger partial charge in [-0.05, 0) is 33.1 Å². The normalized spacial score (nSPS) is 9.53. The van der Waals surface area contributed by atoms with E-state index in [0.717, 1.165) is 19.3 Å². The van der Waals surface area contributed by atoms with Crippen LogP contribution >= 0.6 is 0 Å². The molecule has 0 aliphatic heterocycles. The van der Waals surface area contributed by atoms with Gasteiger partial charge in [-0.25, -0.2) is 9.59 Å². The number of rotatable bonds is 8. The highest BCUT2D eigenvalue weighted by molar-refractivity contribution is 5.66. The minimum Gasteiger partial charge on any atom is -0.450 e. The Bertz CT molecular complexity index is 198. The number of amides is 1. The van der Waals surface area contributed by atoms with Crippen LogP contribution in [0.3, 0.4) is 0 Å². The predicted octanol–water partition coefficient (Wildman–Crippen LogP) is 2.08. The van der Waals surface area contributed by atoms with E-state index in [-0.39, 0.29) is 0 Å². The SMILES string of the molecule is CCOC(=O)NCCCCCOC(=O)OCC. The number of ether oxygens (including phenoxy) is 3. The Morgan fingerprint density at radius 1 is 0.941 bits per heavy atom. The summed E-state index contributed by atoms with van der Waals surface area (Å²) < 4.78 is 14.1. The third-order valence-corrected chi connectivity index (χ3v) is 1.85. The molecule has 1 N–H and O–H groups in total. The van der Waals surface area contributed by atoms with Gasteiger partial charge in [0.15, 0.2) is 0 Å². The Hall–Kier alpha value is -1.46. The van der Waals surface area contributed by atoms with E-state index in [1.54, 1.807) is 13.8 Å². The van der Waals surface area contributed by atoms with E-state index in [4.69, 9.17) is 9.47 Å². The number of hydrogen-bond donors (Lipinski definition) is 1. The van der Waals surface area contributed by atoms with Gasteiger partial charge in [0, 0.05) is 6.54 Å². The summed E-state index contributed by atoms with van der Waals surface area (Å²) in [5.74, 6) is 0. The quantitative estimate of drug-likeness (QED) is 0.525. The zero-order valence-corrected chi connectivity index (χ0v) is 10.5. The van der Waals surface area contributed by atoms with Crippen molar-refractivity contribution in [3.05, 3.63) is 0 Å². The highest BCUT2D eigenvalue weighted by atomic mass is 16.7. The van der Waals surface area contributed by atoms with Crippen LogP contribution < -0.4 is 5.32 Å². The average molecular weight is 247 g/mol. The van der Waals surface area contributed by atoms with Crippen LogP contribution in [0.25, 0.3) is 0 Å². The van der Waals surface area contributed by atoms with Crippen LogP contribution in [-0.4, -0.2) is 38.6 Å². The van der Waals surface area contributed by atoms with Gasteiger partial charge in [-0.15, -0.1) is 0 Å². The number of carbonyl (C=O) groups excluding carboxylic acids is 2. The van der Waals surface area contributed by atoms with Crippen molar-refractivity contribution in [1.29, 1.82) is 0 Å². The first kappa shape index (κ1) is 15.5. The lowest BCUT2D eigenvalue weighted by Gasteiger charge is -2.05. The third kappa shape index (κ3) is 10.8. The summed E-state index contributed by atoms with van der Waals surface area (Å²) >= 11 is 0. The van der Waals surface area contributed by atoms with Crippen LogP contribution in [0.2, 0.25) is 0 Å². The monoisotopic (exact) mass is 247 g/mol. The Kier molecular flexibility index (Phi) is 10.1. The molecular formula is C11H21NO5. The first-order valence-electron chi connectivity index (χ1n) is 5.90. The van der Waals surface area contributed by atoms with Gasteiger partial charge in [0.2, 0.25) is 0 Å². The van der Waals surface area contributed by atoms with Crippen molar-refractivity contribution in [1.82, 2.24) is 5.32 Å². The first-order chi connectivity index (χ1) is 8.20. The minimum absolute atomic E-state index is 0.322. The second-order valence-electron chi connectivity index (χ2n) is 3.24. The maximum absolute atomic E-state index is 10.9. The zero-order chi connectivity index (χ0) is 12.9. The topological polar surface area (TPSA) is 73.9 Å². The van der Waals surface area contributed by atoms with Gasteiger partial charge in [-0.2, -0.15) is 0 Å². The van der Waals surface area contributed by atoms with Crippen molar-refractivity contribution in [2.45, 2.75) is 33.1 Å². The summed E-state index contributed by atoms with van der Waals surface area (Å²) in [6.07, 6.45) is 1.42. The van der Waals surface area contributed by atoms with Crippen molar-refractivity contribution in [3.8, 4) is 0 Å². The van der Waals surface area contributed by atoms with Crippen LogP contribution in [0.1, 0.15) is 33.1 Å². The molecule has 0 spiro atoms. The molecule has 17 heavy (non-hydrogen) atoms. The molecule has 100 valence electrons. The smallest absolute Gasteiger partial charge is 0.450 e. The molecule has 0 radical (unpaired) electrons. The van der Waals surface area contributed by atoms with E-state index in [1.807, 2.05) is 0 Å². The third-order valence-electron chi connectivity index (χ3n) is 1.85. The number of nitrogens with one attached hydrogen (secondary N) is 1. The molecule has 0 atom stereocenters. The van der Waals surface area contributed by atoms with Crippen LogP contribution in [-0.2, 0) is 14.2 Å². The van der Waals surface area contributed by atoms with E-state index in [9.17, 15) is 9.59 Å². The molecule has 0 saturated heterocycles. The fraction of sp³-hybridized carbons (Fsp3) is 0.818. The summed E-state index contributed by atoms with van der Waals surface area (Å²) in [5.41, 5.74) is 0. The average Bonchev–Trinajstić information content (AvgIpc) is 2.28. The Balaban J connectivity index is 3.18. The number of carbonyl (C=O) groups is 2. The van der Waals surface area contributed by atoms with E-state index in [1.165, 1.54) is 0 Å². The van der Waals surface area contributed by atoms with Gasteiger partial charge in [-0.1, -0.05) is 0 Å². The molecule has 0 rings (SSSR count). The molecule has 0 aliphatic carbocycles. The van der Waals surface area contributed by atoms with Crippen molar-refractivity contribution in [2.75, 3.05) is 26.4 Å². The van der Waals surface area contributed by atoms with Gasteiger partial charge in [0.05, 0.1) is 19.8 Å². The maximum Gasteiger partial charge on any atom is 0.508 e. The van der Waals surface area contributed by atoms with E-state index >= 15 is 0 Å². The molecular weight excluding hydrogens is 226 g/mol. The van der Waals surface area contributed by atoms with Crippen LogP contribution in [0.4, 0.5) is 9.59 Å². The number of hydrogen-bond acceptors (Lipinski definition) is 5. The largest absolute Gasteiger partial charge is 0.508 e. The van der Waals surface area contributed by atoms with E-state index in [0.29, 0.717) is 26.4 Å². The lowest BCUT2D eigenvalue weighted by molar-refractivity contribution is 0.0579. The molecule has 0 aliphatic rings. The lowest BCUT2D eigenvalue weighted by Crippen LogP contribution is -2.25. The van der Waals surface area contributed by atoms with Gasteiger partial charge in [-0.3, -0.25) is 0 Å². The fourth-order valence-electron chi connectivity index (χ4n) is 1.09. The number of alkyl carbamates (subject to hydrolysis) is 1. The van der Waals surface area contributed by atoms with Crippen LogP contribution in [0.5, 0.6) is 0 Å². The summed E-state index contributed by atoms with van der Waals surface area (Å²) in [6.45, 7) is 5.09. The predicted molar refractivity (Wildman–Crippen MR) is 61.8 cm³/mol. The summed E-state index contributed by atoms with van der Waals surface area (Å²) in [5, 5.41) is 2.61. The van der Waals surface area contributed by atoms with E-state index < -0.39 is 12.2 Å². The van der Waals surface area contributed by atoms with Crippen molar-refractivity contribution in [3.63, 3.8) is 0 Å². The number of unbranched alkanes of at least 4 members (excludes halogenated alkanes) is 2. The molecule has 0 bridgehead atoms. The first-order valence-corrected chi connectivity index (χ1v) is 5.90. The summed E-state index contributed by atoms with van der Waals surface area (Å²) in [6, 6.07) is 0. The van der Waals surface area contributed by atoms with Crippen LogP contribution in [0, 0.1) is 0 Å². The summed E-state index contributed by atoms with van der Waals surface area (Å²) in [7, 11) is 0. The molecule has 0 aromatic rings. The Morgan fingerprint density at radius 2 is 1.65 bits per heavy atom. The van der Waals surface area contributed by atoms with Crippen molar-refractivity contribution >= 4 is 12.2 Å². The van der Waals surface area contributed by atoms with Crippen LogP contribution in [0.15, 0.2) is 0 Å². The highest BCUT2D eigenvalue weighted by Gasteiger charge is 2.01. The minimum atomic E-state index is -0.628. The molecule has 0 unspecified atom stereocenters. The van der Waals surface area contributed by atoms with Gasteiger partial charge in [0.1, 0.15) is 0 Å². The second kappa shape index (κ2) is 11.0. The second-order valence-corrected chi connectivity index (χ2v) is 3.24. The molecule has 1 amide bonds. The maximum atomic E-state index is 10.9. The molecule has 0 aromatic heterocycles. The van der Waals surface area contributed by atoms with E-state index in [2.05, 4.69) is 10.1 Å². The van der Waals surface area contributed by atoms with Gasteiger partial charge in [0.25, 0.3) is 0 Å². The lowest BCUT2D eigenvalue weighted by atomic mass is 10.2. The molecule has 0 fully saturated rings. The molecule has 6 heteroatoms. The van der Waals surface area contributed by atoms with Crippen molar-refractivity contribution in [2.24, 2.45) is 0 Å². The zero-order valence-electron chi connectivity index (χ0n) is 10.5.